The Bertz CT molecular complexity index is 375. The van der Waals surface area contributed by atoms with Crippen LogP contribution in [0.25, 0.3) is 0 Å². The average molecular weight is 422 g/mol. The Labute approximate surface area is 151 Å². The van der Waals surface area contributed by atoms with Gasteiger partial charge in [-0.2, -0.15) is 5.10 Å². The maximum absolute atomic E-state index is 4.60. The number of hydrogen-bond donors (Lipinski definition) is 2. The molecule has 0 spiro atoms. The van der Waals surface area contributed by atoms with Crippen molar-refractivity contribution in [3.8, 4) is 0 Å². The first kappa shape index (κ1) is 21.2. The minimum absolute atomic E-state index is 0. The van der Waals surface area contributed by atoms with E-state index in [2.05, 4.69) is 46.4 Å². The van der Waals surface area contributed by atoms with Crippen LogP contribution in [0, 0.1) is 0 Å². The minimum Gasteiger partial charge on any atom is -0.357 e. The number of aryl methyl sites for hydroxylation is 1. The minimum atomic E-state index is 0. The number of aliphatic imine (C=N–C) groups is 1. The molecule has 22 heavy (non-hydrogen) atoms. The summed E-state index contributed by atoms with van der Waals surface area (Å²) in [5.41, 5.74) is 0. The first-order valence-electron chi connectivity index (χ1n) is 8.02. The van der Waals surface area contributed by atoms with Crippen LogP contribution in [-0.4, -0.2) is 59.9 Å². The number of likely N-dealkylation sites (N-methyl/N-ethyl adjacent to an activating group) is 1. The molecule has 0 atom stereocenters. The van der Waals surface area contributed by atoms with Crippen LogP contribution in [0.5, 0.6) is 0 Å². The zero-order valence-electron chi connectivity index (χ0n) is 14.1. The summed E-state index contributed by atoms with van der Waals surface area (Å²) >= 11 is 0. The number of hydrogen-bond acceptors (Lipinski definition) is 3. The molecule has 1 aromatic rings. The molecule has 1 rings (SSSR count). The normalized spacial score (nSPS) is 11.4. The fourth-order valence-corrected chi connectivity index (χ4v) is 2.07. The summed E-state index contributed by atoms with van der Waals surface area (Å²) in [5, 5.41) is 10.9. The summed E-state index contributed by atoms with van der Waals surface area (Å²) < 4.78 is 1.94. The number of aromatic nitrogens is 2. The van der Waals surface area contributed by atoms with E-state index in [1.165, 1.54) is 0 Å². The molecule has 6 nitrogen and oxygen atoms in total. The van der Waals surface area contributed by atoms with Gasteiger partial charge in [-0.25, -0.2) is 0 Å². The monoisotopic (exact) mass is 422 g/mol. The van der Waals surface area contributed by atoms with Crippen molar-refractivity contribution in [2.75, 3.05) is 39.3 Å². The fraction of sp³-hybridized carbons (Fsp3) is 0.733. The average Bonchev–Trinajstić information content (AvgIpc) is 3.01. The second-order valence-corrected chi connectivity index (χ2v) is 4.84. The maximum Gasteiger partial charge on any atom is 0.191 e. The fourth-order valence-electron chi connectivity index (χ4n) is 2.07. The zero-order valence-corrected chi connectivity index (χ0v) is 16.4. The SMILES string of the molecule is CCNC(=NCCCn1cccn1)NCCN(CC)CC.I. The van der Waals surface area contributed by atoms with E-state index in [0.717, 1.165) is 58.2 Å². The Balaban J connectivity index is 0.00000441. The molecule has 0 radical (unpaired) electrons. The molecule has 0 saturated carbocycles. The van der Waals surface area contributed by atoms with Gasteiger partial charge in [0.25, 0.3) is 0 Å². The molecule has 1 heterocycles. The van der Waals surface area contributed by atoms with E-state index in [4.69, 9.17) is 0 Å². The van der Waals surface area contributed by atoms with Crippen molar-refractivity contribution in [2.24, 2.45) is 4.99 Å². The topological polar surface area (TPSA) is 57.5 Å². The lowest BCUT2D eigenvalue weighted by atomic mass is 10.4. The van der Waals surface area contributed by atoms with Gasteiger partial charge >= 0.3 is 0 Å². The molecule has 0 amide bonds. The second kappa shape index (κ2) is 13.8. The molecule has 7 heteroatoms. The van der Waals surface area contributed by atoms with Crippen LogP contribution < -0.4 is 10.6 Å². The summed E-state index contributed by atoms with van der Waals surface area (Å²) in [5.74, 6) is 0.908. The Morgan fingerprint density at radius 1 is 1.23 bits per heavy atom. The molecular formula is C15H31IN6. The highest BCUT2D eigenvalue weighted by molar-refractivity contribution is 14.0. The van der Waals surface area contributed by atoms with Crippen molar-refractivity contribution in [3.63, 3.8) is 0 Å². The van der Waals surface area contributed by atoms with Gasteiger partial charge in [0.1, 0.15) is 0 Å². The van der Waals surface area contributed by atoms with Gasteiger partial charge in [-0.1, -0.05) is 13.8 Å². The van der Waals surface area contributed by atoms with E-state index in [9.17, 15) is 0 Å². The van der Waals surface area contributed by atoms with Crippen molar-refractivity contribution in [1.29, 1.82) is 0 Å². The van der Waals surface area contributed by atoms with Gasteiger partial charge in [0.05, 0.1) is 0 Å². The van der Waals surface area contributed by atoms with Crippen LogP contribution in [0.2, 0.25) is 0 Å². The van der Waals surface area contributed by atoms with Crippen molar-refractivity contribution in [3.05, 3.63) is 18.5 Å². The quantitative estimate of drug-likeness (QED) is 0.261. The van der Waals surface area contributed by atoms with E-state index in [1.807, 2.05) is 23.1 Å². The molecule has 0 aliphatic rings. The van der Waals surface area contributed by atoms with E-state index in [-0.39, 0.29) is 24.0 Å². The van der Waals surface area contributed by atoms with Gasteiger partial charge < -0.3 is 15.5 Å². The standard InChI is InChI=1S/C15H30N6.HI/c1-4-16-15(18-11-14-20(5-2)6-3)17-9-7-12-21-13-8-10-19-21;/h8,10,13H,4-7,9,11-12,14H2,1-3H3,(H2,16,17,18);1H. The number of guanidine groups is 1. The predicted molar refractivity (Wildman–Crippen MR) is 104 cm³/mol. The van der Waals surface area contributed by atoms with Gasteiger partial charge in [-0.3, -0.25) is 9.67 Å². The van der Waals surface area contributed by atoms with Gasteiger partial charge in [0, 0.05) is 45.1 Å². The molecule has 0 unspecified atom stereocenters. The summed E-state index contributed by atoms with van der Waals surface area (Å²) in [7, 11) is 0. The first-order valence-corrected chi connectivity index (χ1v) is 8.02. The molecular weight excluding hydrogens is 391 g/mol. The highest BCUT2D eigenvalue weighted by Crippen LogP contribution is 1.90. The van der Waals surface area contributed by atoms with E-state index >= 15 is 0 Å². The lowest BCUT2D eigenvalue weighted by molar-refractivity contribution is 0.308. The molecule has 0 aromatic carbocycles. The molecule has 0 aliphatic heterocycles. The smallest absolute Gasteiger partial charge is 0.191 e. The van der Waals surface area contributed by atoms with Crippen LogP contribution in [0.15, 0.2) is 23.5 Å². The molecule has 0 saturated heterocycles. The van der Waals surface area contributed by atoms with Crippen LogP contribution in [0.1, 0.15) is 27.2 Å². The predicted octanol–water partition coefficient (Wildman–Crippen LogP) is 1.79. The molecule has 128 valence electrons. The number of nitrogens with one attached hydrogen (secondary N) is 2. The summed E-state index contributed by atoms with van der Waals surface area (Å²) in [4.78, 5) is 6.99. The highest BCUT2D eigenvalue weighted by atomic mass is 127. The van der Waals surface area contributed by atoms with Gasteiger partial charge in [0.2, 0.25) is 0 Å². The lowest BCUT2D eigenvalue weighted by Gasteiger charge is -2.19. The number of rotatable bonds is 10. The maximum atomic E-state index is 4.60. The van der Waals surface area contributed by atoms with Crippen LogP contribution in [0.4, 0.5) is 0 Å². The summed E-state index contributed by atoms with van der Waals surface area (Å²) in [6.07, 6.45) is 4.79. The van der Waals surface area contributed by atoms with E-state index in [1.54, 1.807) is 0 Å². The van der Waals surface area contributed by atoms with Crippen molar-refractivity contribution < 1.29 is 0 Å². The lowest BCUT2D eigenvalue weighted by Crippen LogP contribution is -2.41. The van der Waals surface area contributed by atoms with Crippen LogP contribution in [-0.2, 0) is 6.54 Å². The second-order valence-electron chi connectivity index (χ2n) is 4.84. The number of halogens is 1. The largest absolute Gasteiger partial charge is 0.357 e. The summed E-state index contributed by atoms with van der Waals surface area (Å²) in [6, 6.07) is 1.95. The third kappa shape index (κ3) is 9.24. The third-order valence-corrected chi connectivity index (χ3v) is 3.33. The Morgan fingerprint density at radius 2 is 2.00 bits per heavy atom. The van der Waals surface area contributed by atoms with Crippen molar-refractivity contribution in [2.45, 2.75) is 33.7 Å². The third-order valence-electron chi connectivity index (χ3n) is 3.33. The zero-order chi connectivity index (χ0) is 15.3. The van der Waals surface area contributed by atoms with Crippen molar-refractivity contribution >= 4 is 29.9 Å². The molecule has 0 fully saturated rings. The molecule has 0 aliphatic carbocycles. The Hall–Kier alpha value is -0.830. The van der Waals surface area contributed by atoms with Gasteiger partial charge in [-0.15, -0.1) is 24.0 Å². The number of nitrogens with zero attached hydrogens (tertiary/aromatic N) is 4. The highest BCUT2D eigenvalue weighted by Gasteiger charge is 2.00. The van der Waals surface area contributed by atoms with Crippen LogP contribution in [0.3, 0.4) is 0 Å². The first-order chi connectivity index (χ1) is 10.3. The Morgan fingerprint density at radius 3 is 2.59 bits per heavy atom. The van der Waals surface area contributed by atoms with Crippen molar-refractivity contribution in [1.82, 2.24) is 25.3 Å². The molecule has 1 aromatic heterocycles. The van der Waals surface area contributed by atoms with E-state index < -0.39 is 0 Å². The summed E-state index contributed by atoms with van der Waals surface area (Å²) in [6.45, 7) is 13.2. The van der Waals surface area contributed by atoms with E-state index in [0.29, 0.717) is 0 Å². The molecule has 0 bridgehead atoms. The van der Waals surface area contributed by atoms with Crippen LogP contribution >= 0.6 is 24.0 Å². The van der Waals surface area contributed by atoms with Gasteiger partial charge in [-0.05, 0) is 32.5 Å². The molecule has 2 N–H and O–H groups in total. The van der Waals surface area contributed by atoms with Gasteiger partial charge in [0.15, 0.2) is 5.96 Å². The Kier molecular flexibility index (Phi) is 13.3.